The largest absolute Gasteiger partial charge is 0.497 e. The molecular formula is C20H20N4O3S. The molecule has 4 rings (SSSR count). The van der Waals surface area contributed by atoms with Crippen LogP contribution in [0.3, 0.4) is 0 Å². The zero-order valence-corrected chi connectivity index (χ0v) is 16.5. The Labute approximate surface area is 165 Å². The monoisotopic (exact) mass is 396 g/mol. The minimum Gasteiger partial charge on any atom is -0.497 e. The third kappa shape index (κ3) is 3.27. The summed E-state index contributed by atoms with van der Waals surface area (Å²) in [6, 6.07) is 11.3. The highest BCUT2D eigenvalue weighted by Gasteiger charge is 2.15. The van der Waals surface area contributed by atoms with E-state index in [1.807, 2.05) is 53.1 Å². The molecule has 3 aromatic heterocycles. The van der Waals surface area contributed by atoms with Crippen molar-refractivity contribution in [3.63, 3.8) is 0 Å². The molecule has 4 aromatic rings. The van der Waals surface area contributed by atoms with E-state index in [1.54, 1.807) is 18.4 Å². The van der Waals surface area contributed by atoms with E-state index in [9.17, 15) is 9.59 Å². The van der Waals surface area contributed by atoms with Crippen molar-refractivity contribution in [1.82, 2.24) is 19.5 Å². The summed E-state index contributed by atoms with van der Waals surface area (Å²) in [5.41, 5.74) is 2.19. The van der Waals surface area contributed by atoms with E-state index in [4.69, 9.17) is 4.74 Å². The summed E-state index contributed by atoms with van der Waals surface area (Å²) < 4.78 is 9.36. The first-order valence-electron chi connectivity index (χ1n) is 8.99. The molecule has 0 radical (unpaired) electrons. The number of rotatable bonds is 6. The number of nitrogens with one attached hydrogen (secondary N) is 1. The van der Waals surface area contributed by atoms with E-state index >= 15 is 0 Å². The Hall–Kier alpha value is -3.13. The lowest BCUT2D eigenvalue weighted by Crippen LogP contribution is -2.35. The number of carbonyl (C=O) groups excluding carboxylic acids is 1. The van der Waals surface area contributed by atoms with Crippen LogP contribution in [-0.4, -0.2) is 27.2 Å². The van der Waals surface area contributed by atoms with Gasteiger partial charge in [-0.15, -0.1) is 11.3 Å². The first kappa shape index (κ1) is 18.2. The van der Waals surface area contributed by atoms with Crippen molar-refractivity contribution in [2.45, 2.75) is 26.4 Å². The molecule has 0 saturated carbocycles. The molecular weight excluding hydrogens is 376 g/mol. The summed E-state index contributed by atoms with van der Waals surface area (Å²) in [6.45, 7) is 2.22. The van der Waals surface area contributed by atoms with Gasteiger partial charge in [-0.1, -0.05) is 19.1 Å². The normalized spacial score (nSPS) is 11.2. The number of fused-ring (bicyclic) bond motifs is 3. The second kappa shape index (κ2) is 7.47. The van der Waals surface area contributed by atoms with Crippen LogP contribution in [0.5, 0.6) is 5.75 Å². The van der Waals surface area contributed by atoms with E-state index < -0.39 is 0 Å². The fraction of sp³-hybridized carbons (Fsp3) is 0.250. The van der Waals surface area contributed by atoms with E-state index in [1.165, 1.54) is 4.68 Å². The zero-order valence-electron chi connectivity index (χ0n) is 15.6. The Kier molecular flexibility index (Phi) is 4.87. The van der Waals surface area contributed by atoms with Crippen molar-refractivity contribution in [3.8, 4) is 5.75 Å². The Balaban J connectivity index is 1.57. The summed E-state index contributed by atoms with van der Waals surface area (Å²) in [6.07, 6.45) is 0.655. The average molecular weight is 396 g/mol. The standard InChI is InChI=1S/C20H20N4O3S/c1-3-18-22-23(20(26)16-10-17-15(24(16)18)7-8-28-17)12-19(25)21-11-13-5-4-6-14(9-13)27-2/h4-10H,3,11-12H2,1-2H3,(H,21,25). The van der Waals surface area contributed by atoms with Crippen molar-refractivity contribution < 1.29 is 9.53 Å². The van der Waals surface area contributed by atoms with Crippen molar-refractivity contribution >= 4 is 33.0 Å². The third-order valence-electron chi connectivity index (χ3n) is 4.60. The number of aromatic nitrogens is 3. The molecule has 0 fully saturated rings. The van der Waals surface area contributed by atoms with Crippen LogP contribution in [0.15, 0.2) is 46.6 Å². The molecule has 0 unspecified atom stereocenters. The molecule has 0 aliphatic rings. The molecule has 0 atom stereocenters. The topological polar surface area (TPSA) is 77.6 Å². The molecule has 0 saturated heterocycles. The first-order valence-corrected chi connectivity index (χ1v) is 9.87. The van der Waals surface area contributed by atoms with Crippen molar-refractivity contribution in [1.29, 1.82) is 0 Å². The SMILES string of the molecule is CCc1nn(CC(=O)NCc2cccc(OC)c2)c(=O)c2cc3sccc3n12. The lowest BCUT2D eigenvalue weighted by Gasteiger charge is -2.11. The minimum atomic E-state index is -0.267. The van der Waals surface area contributed by atoms with E-state index in [0.29, 0.717) is 18.5 Å². The number of benzene rings is 1. The maximum atomic E-state index is 12.8. The Morgan fingerprint density at radius 2 is 2.11 bits per heavy atom. The maximum Gasteiger partial charge on any atom is 0.291 e. The Morgan fingerprint density at radius 1 is 1.25 bits per heavy atom. The summed E-state index contributed by atoms with van der Waals surface area (Å²) in [5.74, 6) is 1.22. The highest BCUT2D eigenvalue weighted by atomic mass is 32.1. The van der Waals surface area contributed by atoms with Crippen LogP contribution >= 0.6 is 11.3 Å². The number of nitrogens with zero attached hydrogens (tertiary/aromatic N) is 3. The predicted octanol–water partition coefficient (Wildman–Crippen LogP) is 2.60. The second-order valence-corrected chi connectivity index (χ2v) is 7.34. The molecule has 1 amide bonds. The van der Waals surface area contributed by atoms with Gasteiger partial charge in [0.05, 0.1) is 17.3 Å². The molecule has 3 heterocycles. The van der Waals surface area contributed by atoms with Crippen LogP contribution < -0.4 is 15.6 Å². The van der Waals surface area contributed by atoms with Crippen LogP contribution in [0.1, 0.15) is 18.3 Å². The fourth-order valence-electron chi connectivity index (χ4n) is 3.23. The third-order valence-corrected chi connectivity index (χ3v) is 5.46. The van der Waals surface area contributed by atoms with Gasteiger partial charge in [-0.2, -0.15) is 5.10 Å². The van der Waals surface area contributed by atoms with E-state index in [0.717, 1.165) is 27.4 Å². The summed E-state index contributed by atoms with van der Waals surface area (Å²) >= 11 is 1.58. The van der Waals surface area contributed by atoms with Crippen molar-refractivity contribution in [2.75, 3.05) is 7.11 Å². The summed E-state index contributed by atoms with van der Waals surface area (Å²) in [5, 5.41) is 9.26. The number of thiophene rings is 1. The number of ether oxygens (including phenoxy) is 1. The van der Waals surface area contributed by atoms with Gasteiger partial charge in [0, 0.05) is 13.0 Å². The van der Waals surface area contributed by atoms with Gasteiger partial charge >= 0.3 is 0 Å². The highest BCUT2D eigenvalue weighted by Crippen LogP contribution is 2.24. The number of aryl methyl sites for hydroxylation is 1. The van der Waals surface area contributed by atoms with Gasteiger partial charge in [-0.3, -0.25) is 14.0 Å². The summed E-state index contributed by atoms with van der Waals surface area (Å²) in [7, 11) is 1.60. The smallest absolute Gasteiger partial charge is 0.291 e. The van der Waals surface area contributed by atoms with Crippen LogP contribution in [0.2, 0.25) is 0 Å². The molecule has 1 aromatic carbocycles. The Morgan fingerprint density at radius 3 is 2.89 bits per heavy atom. The lowest BCUT2D eigenvalue weighted by molar-refractivity contribution is -0.122. The molecule has 28 heavy (non-hydrogen) atoms. The molecule has 0 aliphatic carbocycles. The van der Waals surface area contributed by atoms with Gasteiger partial charge in [0.1, 0.15) is 23.6 Å². The number of methoxy groups -OCH3 is 1. The molecule has 0 aliphatic heterocycles. The number of carbonyl (C=O) groups is 1. The second-order valence-electron chi connectivity index (χ2n) is 6.40. The van der Waals surface area contributed by atoms with Crippen LogP contribution in [0.4, 0.5) is 0 Å². The molecule has 0 spiro atoms. The van der Waals surface area contributed by atoms with E-state index in [-0.39, 0.29) is 18.0 Å². The molecule has 1 N–H and O–H groups in total. The van der Waals surface area contributed by atoms with Crippen LogP contribution in [-0.2, 0) is 24.3 Å². The van der Waals surface area contributed by atoms with Gasteiger partial charge in [-0.05, 0) is 35.2 Å². The zero-order chi connectivity index (χ0) is 19.7. The van der Waals surface area contributed by atoms with Crippen LogP contribution in [0.25, 0.3) is 15.7 Å². The quantitative estimate of drug-likeness (QED) is 0.543. The van der Waals surface area contributed by atoms with Crippen molar-refractivity contribution in [3.05, 3.63) is 63.5 Å². The molecule has 0 bridgehead atoms. The fourth-order valence-corrected chi connectivity index (χ4v) is 4.04. The van der Waals surface area contributed by atoms with Gasteiger partial charge in [-0.25, -0.2) is 4.68 Å². The average Bonchev–Trinajstić information content (AvgIpc) is 3.30. The molecule has 7 nitrogen and oxygen atoms in total. The van der Waals surface area contributed by atoms with Gasteiger partial charge in [0.2, 0.25) is 5.91 Å². The van der Waals surface area contributed by atoms with Crippen LogP contribution in [0, 0.1) is 0 Å². The first-order chi connectivity index (χ1) is 13.6. The highest BCUT2D eigenvalue weighted by molar-refractivity contribution is 7.17. The number of hydrogen-bond donors (Lipinski definition) is 1. The summed E-state index contributed by atoms with van der Waals surface area (Å²) in [4.78, 5) is 25.2. The van der Waals surface area contributed by atoms with Gasteiger partial charge in [0.15, 0.2) is 0 Å². The molecule has 144 valence electrons. The number of hydrogen-bond acceptors (Lipinski definition) is 5. The van der Waals surface area contributed by atoms with Crippen molar-refractivity contribution in [2.24, 2.45) is 0 Å². The predicted molar refractivity (Wildman–Crippen MR) is 109 cm³/mol. The van der Waals surface area contributed by atoms with Gasteiger partial charge in [0.25, 0.3) is 5.56 Å². The Bertz CT molecular complexity index is 1220. The van der Waals surface area contributed by atoms with Gasteiger partial charge < -0.3 is 10.1 Å². The molecule has 8 heteroatoms. The lowest BCUT2D eigenvalue weighted by atomic mass is 10.2. The number of amides is 1. The minimum absolute atomic E-state index is 0.120. The maximum absolute atomic E-state index is 12.8. The van der Waals surface area contributed by atoms with E-state index in [2.05, 4.69) is 10.4 Å².